The van der Waals surface area contributed by atoms with Gasteiger partial charge in [-0.15, -0.1) is 0 Å². The zero-order chi connectivity index (χ0) is 6.91. The Hall–Kier alpha value is 0.400. The molecular formula is C7H12IN. The van der Waals surface area contributed by atoms with Crippen molar-refractivity contribution >= 4 is 26.3 Å². The molecule has 0 radical (unpaired) electrons. The molecule has 0 amide bonds. The van der Waals surface area contributed by atoms with Gasteiger partial charge in [-0.2, -0.15) is 0 Å². The normalized spacial score (nSPS) is 25.4. The van der Waals surface area contributed by atoms with Gasteiger partial charge in [0.2, 0.25) is 0 Å². The van der Waals surface area contributed by atoms with Crippen molar-refractivity contribution in [1.29, 1.82) is 0 Å². The summed E-state index contributed by atoms with van der Waals surface area (Å²) in [6.45, 7) is 5.57. The highest BCUT2D eigenvalue weighted by atomic mass is 127. The van der Waals surface area contributed by atoms with Gasteiger partial charge in [-0.25, -0.2) is 0 Å². The van der Waals surface area contributed by atoms with E-state index >= 15 is 0 Å². The minimum absolute atomic E-state index is 0.467. The molecule has 0 atom stereocenters. The number of rotatable bonds is 0. The van der Waals surface area contributed by atoms with Crippen LogP contribution in [0.15, 0.2) is 4.99 Å². The van der Waals surface area contributed by atoms with Gasteiger partial charge in [0.25, 0.3) is 0 Å². The van der Waals surface area contributed by atoms with Crippen molar-refractivity contribution in [2.45, 2.75) is 26.7 Å². The van der Waals surface area contributed by atoms with Crippen molar-refractivity contribution < 1.29 is 0 Å². The van der Waals surface area contributed by atoms with Crippen LogP contribution in [0.2, 0.25) is 0 Å². The first-order valence-corrected chi connectivity index (χ1v) is 4.37. The standard InChI is InChI=1S/C7H12IN/c1-7(2)4-3-6(8)9-5-7/h3-5H2,1-2H3. The quantitative estimate of drug-likeness (QED) is 0.574. The Morgan fingerprint density at radius 3 is 2.56 bits per heavy atom. The summed E-state index contributed by atoms with van der Waals surface area (Å²) in [5.74, 6) is 0. The predicted octanol–water partition coefficient (Wildman–Crippen LogP) is 2.64. The molecule has 52 valence electrons. The van der Waals surface area contributed by atoms with Gasteiger partial charge in [-0.3, -0.25) is 4.99 Å². The summed E-state index contributed by atoms with van der Waals surface area (Å²) >= 11 is 2.32. The van der Waals surface area contributed by atoms with Gasteiger partial charge in [0.05, 0.1) is 3.72 Å². The fourth-order valence-electron chi connectivity index (χ4n) is 0.899. The monoisotopic (exact) mass is 237 g/mol. The lowest BCUT2D eigenvalue weighted by molar-refractivity contribution is 0.345. The average molecular weight is 237 g/mol. The van der Waals surface area contributed by atoms with Crippen LogP contribution in [0.25, 0.3) is 0 Å². The third-order valence-electron chi connectivity index (χ3n) is 1.69. The fourth-order valence-corrected chi connectivity index (χ4v) is 1.34. The molecule has 0 aromatic carbocycles. The largest absolute Gasteiger partial charge is 0.283 e. The van der Waals surface area contributed by atoms with E-state index in [9.17, 15) is 0 Å². The third-order valence-corrected chi connectivity index (χ3v) is 2.57. The SMILES string of the molecule is CC1(C)CCC(I)=NC1. The maximum Gasteiger partial charge on any atom is 0.0729 e. The van der Waals surface area contributed by atoms with E-state index in [1.807, 2.05) is 0 Å². The van der Waals surface area contributed by atoms with Crippen LogP contribution < -0.4 is 0 Å². The second kappa shape index (κ2) is 2.56. The number of hydrogen-bond acceptors (Lipinski definition) is 1. The Balaban J connectivity index is 2.56. The number of aliphatic imine (C=N–C) groups is 1. The highest BCUT2D eigenvalue weighted by Gasteiger charge is 2.21. The van der Waals surface area contributed by atoms with Gasteiger partial charge in [-0.1, -0.05) is 13.8 Å². The number of nitrogens with zero attached hydrogens (tertiary/aromatic N) is 1. The molecule has 0 aromatic heterocycles. The van der Waals surface area contributed by atoms with Crippen LogP contribution in [0.1, 0.15) is 26.7 Å². The van der Waals surface area contributed by atoms with Gasteiger partial charge in [0.1, 0.15) is 0 Å². The molecule has 0 N–H and O–H groups in total. The van der Waals surface area contributed by atoms with Gasteiger partial charge in [0.15, 0.2) is 0 Å². The second-order valence-electron chi connectivity index (χ2n) is 3.36. The van der Waals surface area contributed by atoms with Crippen molar-refractivity contribution in [3.05, 3.63) is 0 Å². The molecule has 0 saturated carbocycles. The van der Waals surface area contributed by atoms with Crippen molar-refractivity contribution in [3.8, 4) is 0 Å². The average Bonchev–Trinajstić information content (AvgIpc) is 1.78. The van der Waals surface area contributed by atoms with Gasteiger partial charge >= 0.3 is 0 Å². The molecule has 0 saturated heterocycles. The van der Waals surface area contributed by atoms with E-state index in [1.165, 1.54) is 16.6 Å². The first-order valence-electron chi connectivity index (χ1n) is 3.29. The highest BCUT2D eigenvalue weighted by molar-refractivity contribution is 14.1. The Morgan fingerprint density at radius 2 is 2.22 bits per heavy atom. The molecule has 0 unspecified atom stereocenters. The lowest BCUT2D eigenvalue weighted by Gasteiger charge is -2.25. The molecule has 1 rings (SSSR count). The van der Waals surface area contributed by atoms with E-state index in [2.05, 4.69) is 41.4 Å². The maximum absolute atomic E-state index is 4.39. The summed E-state index contributed by atoms with van der Waals surface area (Å²) in [7, 11) is 0. The summed E-state index contributed by atoms with van der Waals surface area (Å²) in [4.78, 5) is 4.39. The molecule has 2 heteroatoms. The van der Waals surface area contributed by atoms with E-state index in [-0.39, 0.29) is 0 Å². The van der Waals surface area contributed by atoms with E-state index in [0.29, 0.717) is 5.41 Å². The lowest BCUT2D eigenvalue weighted by atomic mass is 9.87. The minimum atomic E-state index is 0.467. The maximum atomic E-state index is 4.39. The van der Waals surface area contributed by atoms with Gasteiger partial charge in [-0.05, 0) is 40.8 Å². The van der Waals surface area contributed by atoms with Crippen LogP contribution in [0.5, 0.6) is 0 Å². The van der Waals surface area contributed by atoms with Gasteiger partial charge in [0, 0.05) is 6.54 Å². The number of hydrogen-bond donors (Lipinski definition) is 0. The Kier molecular flexibility index (Phi) is 2.14. The minimum Gasteiger partial charge on any atom is -0.283 e. The Labute approximate surface area is 70.1 Å². The topological polar surface area (TPSA) is 12.4 Å². The Morgan fingerprint density at radius 1 is 1.56 bits per heavy atom. The van der Waals surface area contributed by atoms with Crippen molar-refractivity contribution in [2.75, 3.05) is 6.54 Å². The molecule has 0 aliphatic carbocycles. The van der Waals surface area contributed by atoms with Crippen LogP contribution in [0.4, 0.5) is 0 Å². The summed E-state index contributed by atoms with van der Waals surface area (Å²) in [6.07, 6.45) is 2.49. The Bertz CT molecular complexity index is 138. The van der Waals surface area contributed by atoms with Crippen molar-refractivity contribution in [3.63, 3.8) is 0 Å². The molecular weight excluding hydrogens is 225 g/mol. The van der Waals surface area contributed by atoms with Gasteiger partial charge < -0.3 is 0 Å². The van der Waals surface area contributed by atoms with Crippen LogP contribution in [-0.4, -0.2) is 10.3 Å². The zero-order valence-corrected chi connectivity index (χ0v) is 8.10. The summed E-state index contributed by atoms with van der Waals surface area (Å²) < 4.78 is 1.30. The zero-order valence-electron chi connectivity index (χ0n) is 5.95. The molecule has 1 aliphatic rings. The number of halogens is 1. The summed E-state index contributed by atoms with van der Waals surface area (Å²) in [5.41, 5.74) is 0.467. The van der Waals surface area contributed by atoms with Crippen LogP contribution in [-0.2, 0) is 0 Å². The fraction of sp³-hybridized carbons (Fsp3) is 0.857. The highest BCUT2D eigenvalue weighted by Crippen LogP contribution is 2.27. The molecule has 0 bridgehead atoms. The van der Waals surface area contributed by atoms with E-state index < -0.39 is 0 Å². The predicted molar refractivity (Wildman–Crippen MR) is 49.3 cm³/mol. The summed E-state index contributed by atoms with van der Waals surface area (Å²) in [5, 5.41) is 0. The molecule has 0 fully saturated rings. The molecule has 1 nitrogen and oxygen atoms in total. The second-order valence-corrected chi connectivity index (χ2v) is 4.60. The van der Waals surface area contributed by atoms with E-state index in [4.69, 9.17) is 0 Å². The van der Waals surface area contributed by atoms with Crippen molar-refractivity contribution in [1.82, 2.24) is 0 Å². The molecule has 9 heavy (non-hydrogen) atoms. The smallest absolute Gasteiger partial charge is 0.0729 e. The molecule has 0 aromatic rings. The van der Waals surface area contributed by atoms with Crippen LogP contribution in [0.3, 0.4) is 0 Å². The van der Waals surface area contributed by atoms with E-state index in [1.54, 1.807) is 0 Å². The van der Waals surface area contributed by atoms with Crippen molar-refractivity contribution in [2.24, 2.45) is 10.4 Å². The van der Waals surface area contributed by atoms with E-state index in [0.717, 1.165) is 6.54 Å². The summed E-state index contributed by atoms with van der Waals surface area (Å²) in [6, 6.07) is 0. The van der Waals surface area contributed by atoms with Crippen LogP contribution in [0, 0.1) is 5.41 Å². The first kappa shape index (κ1) is 7.51. The molecule has 1 heterocycles. The lowest BCUT2D eigenvalue weighted by Crippen LogP contribution is -2.20. The third kappa shape index (κ3) is 2.24. The molecule has 1 aliphatic heterocycles. The molecule has 0 spiro atoms. The first-order chi connectivity index (χ1) is 4.10. The van der Waals surface area contributed by atoms with Crippen LogP contribution >= 0.6 is 22.6 Å².